The number of nitrogens with zero attached hydrogens (tertiary/aromatic N) is 2. The minimum absolute atomic E-state index is 0.237. The summed E-state index contributed by atoms with van der Waals surface area (Å²) in [6, 6.07) is 6.58. The lowest BCUT2D eigenvalue weighted by Gasteiger charge is -2.14. The summed E-state index contributed by atoms with van der Waals surface area (Å²) in [4.78, 5) is 11.4. The normalized spacial score (nSPS) is 9.38. The molecule has 0 atom stereocenters. The van der Waals surface area contributed by atoms with E-state index < -0.39 is 6.09 Å². The summed E-state index contributed by atoms with van der Waals surface area (Å²) in [5, 5.41) is 3.96. The number of rotatable bonds is 4. The molecule has 0 radical (unpaired) electrons. The molecule has 1 amide bonds. The number of carbonyl (C=O) groups is 1. The van der Waals surface area contributed by atoms with E-state index in [9.17, 15) is 4.79 Å². The fourth-order valence-electron chi connectivity index (χ4n) is 1.11. The SMILES string of the molecule is CCOC(=O)N(N=N)c1ccc(OC)cc1. The van der Waals surface area contributed by atoms with E-state index in [0.29, 0.717) is 11.4 Å². The molecule has 1 aromatic rings. The summed E-state index contributed by atoms with van der Waals surface area (Å²) >= 11 is 0. The Morgan fingerprint density at radius 3 is 2.50 bits per heavy atom. The molecular weight excluding hydrogens is 210 g/mol. The van der Waals surface area contributed by atoms with Gasteiger partial charge in [-0.15, -0.1) is 5.01 Å². The summed E-state index contributed by atoms with van der Waals surface area (Å²) in [6.07, 6.45) is -0.678. The first-order valence-electron chi connectivity index (χ1n) is 4.71. The Morgan fingerprint density at radius 1 is 1.44 bits per heavy atom. The topological polar surface area (TPSA) is 75.0 Å². The number of hydrogen-bond donors (Lipinski definition) is 1. The van der Waals surface area contributed by atoms with Gasteiger partial charge in [0.2, 0.25) is 0 Å². The molecule has 0 saturated carbocycles. The number of carbonyl (C=O) groups excluding carboxylic acids is 1. The molecule has 0 aromatic heterocycles. The Morgan fingerprint density at radius 2 is 2.06 bits per heavy atom. The molecule has 0 bridgehead atoms. The fraction of sp³-hybridized carbons (Fsp3) is 0.300. The molecule has 0 aliphatic rings. The van der Waals surface area contributed by atoms with Crippen LogP contribution in [0.1, 0.15) is 6.92 Å². The highest BCUT2D eigenvalue weighted by Gasteiger charge is 2.15. The van der Waals surface area contributed by atoms with Gasteiger partial charge in [-0.25, -0.2) is 4.79 Å². The van der Waals surface area contributed by atoms with Gasteiger partial charge in [0.05, 0.1) is 19.4 Å². The highest BCUT2D eigenvalue weighted by Crippen LogP contribution is 2.20. The molecule has 1 N–H and O–H groups in total. The molecule has 0 unspecified atom stereocenters. The summed E-state index contributed by atoms with van der Waals surface area (Å²) in [6.45, 7) is 1.93. The lowest BCUT2D eigenvalue weighted by Crippen LogP contribution is -2.25. The second-order valence-corrected chi connectivity index (χ2v) is 2.81. The van der Waals surface area contributed by atoms with Crippen LogP contribution in [0, 0.1) is 5.53 Å². The van der Waals surface area contributed by atoms with Crippen molar-refractivity contribution in [2.24, 2.45) is 5.22 Å². The van der Waals surface area contributed by atoms with Crippen molar-refractivity contribution in [1.82, 2.24) is 0 Å². The van der Waals surface area contributed by atoms with Gasteiger partial charge in [-0.2, -0.15) is 5.53 Å². The average Bonchev–Trinajstić information content (AvgIpc) is 2.31. The smallest absolute Gasteiger partial charge is 0.436 e. The van der Waals surface area contributed by atoms with Crippen LogP contribution < -0.4 is 9.75 Å². The predicted octanol–water partition coefficient (Wildman–Crippen LogP) is 2.60. The first-order chi connectivity index (χ1) is 7.72. The first kappa shape index (κ1) is 12.0. The van der Waals surface area contributed by atoms with Crippen molar-refractivity contribution in [2.45, 2.75) is 6.92 Å². The zero-order chi connectivity index (χ0) is 12.0. The molecule has 1 rings (SSSR count). The number of anilines is 1. The highest BCUT2D eigenvalue weighted by atomic mass is 16.6. The van der Waals surface area contributed by atoms with Crippen molar-refractivity contribution in [3.8, 4) is 5.75 Å². The van der Waals surface area contributed by atoms with E-state index in [-0.39, 0.29) is 6.61 Å². The molecule has 16 heavy (non-hydrogen) atoms. The molecule has 0 heterocycles. The van der Waals surface area contributed by atoms with E-state index in [0.717, 1.165) is 5.01 Å². The quantitative estimate of drug-likeness (QED) is 0.629. The number of hydrogen-bond acceptors (Lipinski definition) is 5. The van der Waals surface area contributed by atoms with Crippen LogP contribution in [0.15, 0.2) is 29.5 Å². The lowest BCUT2D eigenvalue weighted by molar-refractivity contribution is 0.159. The largest absolute Gasteiger partial charge is 0.497 e. The molecule has 0 spiro atoms. The van der Waals surface area contributed by atoms with Crippen molar-refractivity contribution < 1.29 is 14.3 Å². The van der Waals surface area contributed by atoms with Gasteiger partial charge in [-0.05, 0) is 31.2 Å². The van der Waals surface area contributed by atoms with Crippen molar-refractivity contribution in [2.75, 3.05) is 18.7 Å². The van der Waals surface area contributed by atoms with Crippen LogP contribution in [0.3, 0.4) is 0 Å². The maximum atomic E-state index is 11.4. The maximum Gasteiger partial charge on any atom is 0.436 e. The monoisotopic (exact) mass is 223 g/mol. The van der Waals surface area contributed by atoms with Crippen molar-refractivity contribution in [1.29, 1.82) is 5.53 Å². The molecule has 6 nitrogen and oxygen atoms in total. The molecule has 1 aromatic carbocycles. The van der Waals surface area contributed by atoms with E-state index >= 15 is 0 Å². The predicted molar refractivity (Wildman–Crippen MR) is 57.6 cm³/mol. The third kappa shape index (κ3) is 2.69. The van der Waals surface area contributed by atoms with Gasteiger partial charge in [0, 0.05) is 0 Å². The number of amides is 1. The molecule has 0 aliphatic heterocycles. The second kappa shape index (κ2) is 5.69. The number of benzene rings is 1. The molecule has 0 saturated heterocycles. The van der Waals surface area contributed by atoms with Crippen molar-refractivity contribution in [3.05, 3.63) is 24.3 Å². The van der Waals surface area contributed by atoms with E-state index in [2.05, 4.69) is 5.22 Å². The Balaban J connectivity index is 2.86. The van der Waals surface area contributed by atoms with Crippen LogP contribution in [-0.2, 0) is 4.74 Å². The third-order valence-electron chi connectivity index (χ3n) is 1.86. The van der Waals surface area contributed by atoms with Gasteiger partial charge in [-0.1, -0.05) is 5.22 Å². The van der Waals surface area contributed by atoms with E-state index in [1.165, 1.54) is 0 Å². The molecule has 86 valence electrons. The van der Waals surface area contributed by atoms with Crippen molar-refractivity contribution >= 4 is 11.8 Å². The highest BCUT2D eigenvalue weighted by molar-refractivity contribution is 5.86. The molecular formula is C10H13N3O3. The van der Waals surface area contributed by atoms with Crippen LogP contribution in [-0.4, -0.2) is 19.8 Å². The molecule has 0 aliphatic carbocycles. The lowest BCUT2D eigenvalue weighted by atomic mass is 10.3. The van der Waals surface area contributed by atoms with Crippen LogP contribution in [0.2, 0.25) is 0 Å². The van der Waals surface area contributed by atoms with Gasteiger partial charge < -0.3 is 9.47 Å². The third-order valence-corrected chi connectivity index (χ3v) is 1.86. The van der Waals surface area contributed by atoms with Crippen LogP contribution >= 0.6 is 0 Å². The van der Waals surface area contributed by atoms with Crippen LogP contribution in [0.4, 0.5) is 10.5 Å². The summed E-state index contributed by atoms with van der Waals surface area (Å²) in [5.74, 6) is 0.664. The fourth-order valence-corrected chi connectivity index (χ4v) is 1.11. The summed E-state index contributed by atoms with van der Waals surface area (Å²) in [5.41, 5.74) is 7.38. The van der Waals surface area contributed by atoms with E-state index in [1.807, 2.05) is 0 Å². The van der Waals surface area contributed by atoms with E-state index in [1.54, 1.807) is 38.3 Å². The molecule has 0 fully saturated rings. The zero-order valence-corrected chi connectivity index (χ0v) is 9.14. The summed E-state index contributed by atoms with van der Waals surface area (Å²) < 4.78 is 9.73. The Bertz CT molecular complexity index is 364. The molecule has 6 heteroatoms. The van der Waals surface area contributed by atoms with Gasteiger partial charge in [0.1, 0.15) is 5.75 Å². The van der Waals surface area contributed by atoms with E-state index in [4.69, 9.17) is 15.0 Å². The average molecular weight is 223 g/mol. The Kier molecular flexibility index (Phi) is 4.26. The van der Waals surface area contributed by atoms with Gasteiger partial charge in [0.25, 0.3) is 0 Å². The maximum absolute atomic E-state index is 11.4. The standard InChI is InChI=1S/C10H13N3O3/c1-3-16-10(14)13(12-11)8-4-6-9(15-2)7-5-8/h4-7,11H,3H2,1-2H3. The minimum atomic E-state index is -0.678. The minimum Gasteiger partial charge on any atom is -0.497 e. The number of ether oxygens (including phenoxy) is 2. The van der Waals surface area contributed by atoms with Gasteiger partial charge in [0.15, 0.2) is 0 Å². The van der Waals surface area contributed by atoms with Crippen molar-refractivity contribution in [3.63, 3.8) is 0 Å². The Hall–Kier alpha value is -2.11. The van der Waals surface area contributed by atoms with Crippen LogP contribution in [0.25, 0.3) is 0 Å². The zero-order valence-electron chi connectivity index (χ0n) is 9.14. The second-order valence-electron chi connectivity index (χ2n) is 2.81. The summed E-state index contributed by atoms with van der Waals surface area (Å²) in [7, 11) is 1.55. The number of methoxy groups -OCH3 is 1. The van der Waals surface area contributed by atoms with Gasteiger partial charge >= 0.3 is 6.09 Å². The Labute approximate surface area is 93.2 Å². The van der Waals surface area contributed by atoms with Crippen LogP contribution in [0.5, 0.6) is 5.75 Å². The number of nitrogens with one attached hydrogen (secondary N) is 1. The van der Waals surface area contributed by atoms with Gasteiger partial charge in [-0.3, -0.25) is 0 Å². The first-order valence-corrected chi connectivity index (χ1v) is 4.71.